The molecule has 2 atom stereocenters. The monoisotopic (exact) mass is 440 g/mol. The minimum absolute atomic E-state index is 0.0534. The molecule has 4 rings (SSSR count). The van der Waals surface area contributed by atoms with E-state index in [9.17, 15) is 9.59 Å². The second-order valence-corrected chi connectivity index (χ2v) is 8.92. The van der Waals surface area contributed by atoms with Crippen molar-refractivity contribution in [3.8, 4) is 11.5 Å². The SMILES string of the molecule is COc1ccc(OC[C@H]2CCCN(C(=O)CC[C@@]3(Cc4ccco4)CCC(=O)N3)C2)cc1. The Morgan fingerprint density at radius 2 is 2.06 bits per heavy atom. The lowest BCUT2D eigenvalue weighted by Gasteiger charge is -2.34. The van der Waals surface area contributed by atoms with E-state index >= 15 is 0 Å². The summed E-state index contributed by atoms with van der Waals surface area (Å²) in [5, 5.41) is 3.12. The molecule has 3 heterocycles. The maximum atomic E-state index is 13.0. The molecular formula is C25H32N2O5. The van der Waals surface area contributed by atoms with Gasteiger partial charge in [0, 0.05) is 43.8 Å². The third-order valence-corrected chi connectivity index (χ3v) is 6.56. The highest BCUT2D eigenvalue weighted by atomic mass is 16.5. The van der Waals surface area contributed by atoms with Gasteiger partial charge in [0.2, 0.25) is 11.8 Å². The zero-order valence-electron chi connectivity index (χ0n) is 18.7. The van der Waals surface area contributed by atoms with Crippen molar-refractivity contribution in [3.05, 3.63) is 48.4 Å². The normalized spacial score (nSPS) is 23.1. The van der Waals surface area contributed by atoms with Crippen molar-refractivity contribution in [3.63, 3.8) is 0 Å². The number of amides is 2. The van der Waals surface area contributed by atoms with E-state index in [1.54, 1.807) is 13.4 Å². The topological polar surface area (TPSA) is 81.0 Å². The second kappa shape index (κ2) is 10.1. The quantitative estimate of drug-likeness (QED) is 0.645. The fourth-order valence-electron chi connectivity index (χ4n) is 4.75. The summed E-state index contributed by atoms with van der Waals surface area (Å²) in [5.41, 5.74) is -0.392. The highest BCUT2D eigenvalue weighted by Gasteiger charge is 2.39. The highest BCUT2D eigenvalue weighted by molar-refractivity contribution is 5.80. The van der Waals surface area contributed by atoms with Gasteiger partial charge in [-0.3, -0.25) is 9.59 Å². The van der Waals surface area contributed by atoms with E-state index in [0.717, 1.165) is 43.1 Å². The van der Waals surface area contributed by atoms with Crippen LogP contribution >= 0.6 is 0 Å². The van der Waals surface area contributed by atoms with Gasteiger partial charge in [-0.05, 0) is 62.1 Å². The molecule has 2 aromatic rings. The van der Waals surface area contributed by atoms with Crippen LogP contribution in [0.4, 0.5) is 0 Å². The van der Waals surface area contributed by atoms with Crippen molar-refractivity contribution in [2.45, 2.75) is 50.5 Å². The molecule has 172 valence electrons. The maximum Gasteiger partial charge on any atom is 0.222 e. The van der Waals surface area contributed by atoms with E-state index in [1.165, 1.54) is 0 Å². The van der Waals surface area contributed by atoms with Gasteiger partial charge in [0.15, 0.2) is 0 Å². The summed E-state index contributed by atoms with van der Waals surface area (Å²) in [6.07, 6.45) is 6.59. The van der Waals surface area contributed by atoms with Gasteiger partial charge in [-0.15, -0.1) is 0 Å². The lowest BCUT2D eigenvalue weighted by molar-refractivity contribution is -0.134. The fraction of sp³-hybridized carbons (Fsp3) is 0.520. The molecule has 2 aliphatic rings. The molecule has 0 saturated carbocycles. The van der Waals surface area contributed by atoms with Gasteiger partial charge in [0.05, 0.1) is 20.0 Å². The molecule has 32 heavy (non-hydrogen) atoms. The average molecular weight is 441 g/mol. The lowest BCUT2D eigenvalue weighted by atomic mass is 9.86. The summed E-state index contributed by atoms with van der Waals surface area (Å²) < 4.78 is 16.6. The predicted molar refractivity (Wildman–Crippen MR) is 120 cm³/mol. The first kappa shape index (κ1) is 22.2. The summed E-state index contributed by atoms with van der Waals surface area (Å²) in [5.74, 6) is 2.98. The van der Waals surface area contributed by atoms with E-state index in [0.29, 0.717) is 44.8 Å². The highest BCUT2D eigenvalue weighted by Crippen LogP contribution is 2.30. The number of furan rings is 1. The fourth-order valence-corrected chi connectivity index (χ4v) is 4.75. The molecule has 2 saturated heterocycles. The third kappa shape index (κ3) is 5.64. The van der Waals surface area contributed by atoms with Crippen molar-refractivity contribution in [2.75, 3.05) is 26.8 Å². The summed E-state index contributed by atoms with van der Waals surface area (Å²) in [6.45, 7) is 2.09. The number of benzene rings is 1. The number of hydrogen-bond donors (Lipinski definition) is 1. The number of piperidine rings is 1. The van der Waals surface area contributed by atoms with E-state index < -0.39 is 5.54 Å². The first-order valence-corrected chi connectivity index (χ1v) is 11.4. The van der Waals surface area contributed by atoms with Crippen molar-refractivity contribution in [2.24, 2.45) is 5.92 Å². The minimum Gasteiger partial charge on any atom is -0.497 e. The molecule has 0 bridgehead atoms. The number of methoxy groups -OCH3 is 1. The molecule has 0 spiro atoms. The Kier molecular flexibility index (Phi) is 7.02. The van der Waals surface area contributed by atoms with Gasteiger partial charge < -0.3 is 24.1 Å². The van der Waals surface area contributed by atoms with Gasteiger partial charge in [-0.25, -0.2) is 0 Å². The van der Waals surface area contributed by atoms with Crippen molar-refractivity contribution < 1.29 is 23.5 Å². The molecule has 2 fully saturated rings. The van der Waals surface area contributed by atoms with Crippen LogP contribution in [0.1, 0.15) is 44.3 Å². The smallest absolute Gasteiger partial charge is 0.222 e. The minimum atomic E-state index is -0.392. The van der Waals surface area contributed by atoms with Gasteiger partial charge >= 0.3 is 0 Å². The molecule has 1 aromatic carbocycles. The second-order valence-electron chi connectivity index (χ2n) is 8.92. The molecule has 1 N–H and O–H groups in total. The number of nitrogens with zero attached hydrogens (tertiary/aromatic N) is 1. The Labute approximate surface area is 189 Å². The molecule has 0 aliphatic carbocycles. The Hall–Kier alpha value is -2.96. The molecule has 0 unspecified atom stereocenters. The number of ether oxygens (including phenoxy) is 2. The third-order valence-electron chi connectivity index (χ3n) is 6.56. The van der Waals surface area contributed by atoms with Gasteiger partial charge in [0.1, 0.15) is 17.3 Å². The zero-order chi connectivity index (χ0) is 22.4. The van der Waals surface area contributed by atoms with E-state index in [-0.39, 0.29) is 11.8 Å². The summed E-state index contributed by atoms with van der Waals surface area (Å²) >= 11 is 0. The van der Waals surface area contributed by atoms with Crippen LogP contribution in [-0.4, -0.2) is 49.1 Å². The Morgan fingerprint density at radius 3 is 2.75 bits per heavy atom. The largest absolute Gasteiger partial charge is 0.497 e. The van der Waals surface area contributed by atoms with E-state index in [2.05, 4.69) is 5.32 Å². The van der Waals surface area contributed by atoms with Crippen LogP contribution in [-0.2, 0) is 16.0 Å². The van der Waals surface area contributed by atoms with Crippen LogP contribution in [0.15, 0.2) is 47.1 Å². The molecule has 2 aliphatic heterocycles. The maximum absolute atomic E-state index is 13.0. The van der Waals surface area contributed by atoms with Gasteiger partial charge in [-0.1, -0.05) is 0 Å². The van der Waals surface area contributed by atoms with Crippen LogP contribution in [0.25, 0.3) is 0 Å². The molecule has 7 nitrogen and oxygen atoms in total. The summed E-state index contributed by atoms with van der Waals surface area (Å²) in [7, 11) is 1.64. The number of nitrogens with one attached hydrogen (secondary N) is 1. The van der Waals surface area contributed by atoms with Crippen LogP contribution in [0.3, 0.4) is 0 Å². The number of hydrogen-bond acceptors (Lipinski definition) is 5. The van der Waals surface area contributed by atoms with Crippen molar-refractivity contribution >= 4 is 11.8 Å². The van der Waals surface area contributed by atoms with Gasteiger partial charge in [0.25, 0.3) is 0 Å². The lowest BCUT2D eigenvalue weighted by Crippen LogP contribution is -2.46. The zero-order valence-corrected chi connectivity index (χ0v) is 18.7. The van der Waals surface area contributed by atoms with Gasteiger partial charge in [-0.2, -0.15) is 0 Å². The van der Waals surface area contributed by atoms with E-state index in [1.807, 2.05) is 41.3 Å². The van der Waals surface area contributed by atoms with Crippen molar-refractivity contribution in [1.82, 2.24) is 10.2 Å². The first-order chi connectivity index (χ1) is 15.5. The number of carbonyl (C=O) groups excluding carboxylic acids is 2. The Balaban J connectivity index is 1.28. The van der Waals surface area contributed by atoms with Crippen LogP contribution < -0.4 is 14.8 Å². The molecule has 0 radical (unpaired) electrons. The predicted octanol–water partition coefficient (Wildman–Crippen LogP) is 3.58. The summed E-state index contributed by atoms with van der Waals surface area (Å²) in [4.78, 5) is 26.9. The molecular weight excluding hydrogens is 408 g/mol. The summed E-state index contributed by atoms with van der Waals surface area (Å²) in [6, 6.07) is 11.3. The van der Waals surface area contributed by atoms with Crippen LogP contribution in [0.5, 0.6) is 11.5 Å². The standard InChI is InChI=1S/C25H32N2O5/c1-30-20-6-8-21(9-7-20)32-18-19-4-2-14-27(17-19)24(29)11-13-25(12-10-23(28)26-25)16-22-5-3-15-31-22/h3,5-9,15,19H,2,4,10-14,16-18H2,1H3,(H,26,28)/t19-,25+/m0/s1. The number of rotatable bonds is 9. The first-order valence-electron chi connectivity index (χ1n) is 11.4. The number of carbonyl (C=O) groups is 2. The number of likely N-dealkylation sites (tertiary alicyclic amines) is 1. The molecule has 7 heteroatoms. The van der Waals surface area contributed by atoms with Crippen LogP contribution in [0.2, 0.25) is 0 Å². The van der Waals surface area contributed by atoms with Crippen molar-refractivity contribution in [1.29, 1.82) is 0 Å². The van der Waals surface area contributed by atoms with E-state index in [4.69, 9.17) is 13.9 Å². The molecule has 1 aromatic heterocycles. The average Bonchev–Trinajstić information content (AvgIpc) is 3.46. The van der Waals surface area contributed by atoms with Crippen LogP contribution in [0, 0.1) is 5.92 Å². The molecule has 2 amide bonds. The Morgan fingerprint density at radius 1 is 1.25 bits per heavy atom. The Bertz CT molecular complexity index is 896.